The van der Waals surface area contributed by atoms with Gasteiger partial charge >= 0.3 is 0 Å². The zero-order valence-corrected chi connectivity index (χ0v) is 9.72. The predicted molar refractivity (Wildman–Crippen MR) is 63.3 cm³/mol. The Kier molecular flexibility index (Phi) is 4.99. The molecule has 0 unspecified atom stereocenters. The Bertz CT molecular complexity index is 404. The molecule has 1 rings (SSSR count). The van der Waals surface area contributed by atoms with Crippen LogP contribution in [0.25, 0.3) is 0 Å². The van der Waals surface area contributed by atoms with Crippen LogP contribution in [0.3, 0.4) is 0 Å². The van der Waals surface area contributed by atoms with Gasteiger partial charge in [-0.05, 0) is 19.1 Å². The van der Waals surface area contributed by atoms with Crippen LogP contribution in [0.15, 0.2) is 30.4 Å². The number of carbonyl (C=O) groups is 1. The maximum absolute atomic E-state index is 13.3. The first-order valence-corrected chi connectivity index (χ1v) is 5.44. The molecule has 1 aromatic rings. The zero-order valence-electron chi connectivity index (χ0n) is 8.97. The third kappa shape index (κ3) is 3.66. The van der Waals surface area contributed by atoms with Gasteiger partial charge in [0.15, 0.2) is 0 Å². The highest BCUT2D eigenvalue weighted by Crippen LogP contribution is 2.09. The number of nitrogens with one attached hydrogen (secondary N) is 1. The lowest BCUT2D eigenvalue weighted by molar-refractivity contribution is 0.0954. The Morgan fingerprint density at radius 2 is 2.25 bits per heavy atom. The minimum atomic E-state index is -0.510. The van der Waals surface area contributed by atoms with Gasteiger partial charge in [0.2, 0.25) is 0 Å². The van der Waals surface area contributed by atoms with Crippen molar-refractivity contribution in [3.63, 3.8) is 0 Å². The van der Waals surface area contributed by atoms with Crippen molar-refractivity contribution in [2.24, 2.45) is 0 Å². The molecular formula is C12H13ClFNO. The Balaban J connectivity index is 2.65. The molecule has 0 saturated carbocycles. The van der Waals surface area contributed by atoms with E-state index in [4.69, 9.17) is 11.6 Å². The number of aryl methyl sites for hydroxylation is 1. The second-order valence-electron chi connectivity index (χ2n) is 3.32. The number of halogens is 2. The highest BCUT2D eigenvalue weighted by atomic mass is 35.5. The predicted octanol–water partition coefficient (Wildman–Crippen LogP) is 2.66. The first kappa shape index (κ1) is 12.7. The van der Waals surface area contributed by atoms with E-state index in [-0.39, 0.29) is 5.56 Å². The van der Waals surface area contributed by atoms with Gasteiger partial charge in [-0.15, -0.1) is 11.6 Å². The summed E-state index contributed by atoms with van der Waals surface area (Å²) in [5.74, 6) is -0.529. The molecule has 0 atom stereocenters. The molecule has 4 heteroatoms. The quantitative estimate of drug-likeness (QED) is 0.637. The standard InChI is InChI=1S/C12H13ClFNO/c1-9-4-5-11(14)10(8-9)12(16)15-7-3-2-6-13/h2-5,8H,6-7H2,1H3,(H,15,16)/b3-2+. The molecule has 2 nitrogen and oxygen atoms in total. The van der Waals surface area contributed by atoms with Gasteiger partial charge in [0.05, 0.1) is 5.56 Å². The molecule has 0 aliphatic heterocycles. The van der Waals surface area contributed by atoms with E-state index in [1.54, 1.807) is 18.2 Å². The van der Waals surface area contributed by atoms with Crippen molar-refractivity contribution in [3.05, 3.63) is 47.3 Å². The van der Waals surface area contributed by atoms with E-state index >= 15 is 0 Å². The largest absolute Gasteiger partial charge is 0.348 e. The third-order valence-corrected chi connectivity index (χ3v) is 2.18. The first-order valence-electron chi connectivity index (χ1n) is 4.90. The van der Waals surface area contributed by atoms with Gasteiger partial charge in [0, 0.05) is 12.4 Å². The molecule has 16 heavy (non-hydrogen) atoms. The number of hydrogen-bond donors (Lipinski definition) is 1. The molecule has 1 amide bonds. The fraction of sp³-hybridized carbons (Fsp3) is 0.250. The van der Waals surface area contributed by atoms with E-state index in [9.17, 15) is 9.18 Å². The second-order valence-corrected chi connectivity index (χ2v) is 3.63. The lowest BCUT2D eigenvalue weighted by Gasteiger charge is -2.04. The maximum atomic E-state index is 13.3. The number of benzene rings is 1. The van der Waals surface area contributed by atoms with Crippen LogP contribution in [0.5, 0.6) is 0 Å². The topological polar surface area (TPSA) is 29.1 Å². The Hall–Kier alpha value is -1.35. The second kappa shape index (κ2) is 6.28. The summed E-state index contributed by atoms with van der Waals surface area (Å²) in [4.78, 5) is 11.6. The van der Waals surface area contributed by atoms with Crippen LogP contribution in [0.1, 0.15) is 15.9 Å². The highest BCUT2D eigenvalue weighted by molar-refractivity contribution is 6.18. The van der Waals surface area contributed by atoms with Crippen molar-refractivity contribution in [2.45, 2.75) is 6.92 Å². The molecule has 86 valence electrons. The van der Waals surface area contributed by atoms with E-state index in [1.165, 1.54) is 12.1 Å². The molecule has 0 bridgehead atoms. The molecular weight excluding hydrogens is 229 g/mol. The lowest BCUT2D eigenvalue weighted by Crippen LogP contribution is -2.24. The van der Waals surface area contributed by atoms with Crippen LogP contribution in [0.4, 0.5) is 4.39 Å². The van der Waals surface area contributed by atoms with Gasteiger partial charge in [-0.3, -0.25) is 4.79 Å². The summed E-state index contributed by atoms with van der Waals surface area (Å²) in [5, 5.41) is 2.58. The van der Waals surface area contributed by atoms with E-state index in [0.29, 0.717) is 12.4 Å². The van der Waals surface area contributed by atoms with Crippen LogP contribution >= 0.6 is 11.6 Å². The van der Waals surface area contributed by atoms with Crippen molar-refractivity contribution in [1.82, 2.24) is 5.32 Å². The summed E-state index contributed by atoms with van der Waals surface area (Å²) in [6.07, 6.45) is 3.44. The van der Waals surface area contributed by atoms with E-state index < -0.39 is 11.7 Å². The maximum Gasteiger partial charge on any atom is 0.254 e. The fourth-order valence-electron chi connectivity index (χ4n) is 1.21. The smallest absolute Gasteiger partial charge is 0.254 e. The SMILES string of the molecule is Cc1ccc(F)c(C(=O)NC/C=C/CCl)c1. The normalized spacial score (nSPS) is 10.7. The van der Waals surface area contributed by atoms with Crippen molar-refractivity contribution >= 4 is 17.5 Å². The lowest BCUT2D eigenvalue weighted by atomic mass is 10.1. The van der Waals surface area contributed by atoms with Gasteiger partial charge in [-0.1, -0.05) is 23.8 Å². The summed E-state index contributed by atoms with van der Waals surface area (Å²) >= 11 is 5.42. The molecule has 0 aliphatic rings. The number of carbonyl (C=O) groups excluding carboxylic acids is 1. The minimum Gasteiger partial charge on any atom is -0.348 e. The molecule has 0 saturated heterocycles. The first-order chi connectivity index (χ1) is 7.65. The number of amides is 1. The summed E-state index contributed by atoms with van der Waals surface area (Å²) in [6, 6.07) is 4.44. The van der Waals surface area contributed by atoms with E-state index in [2.05, 4.69) is 5.32 Å². The average Bonchev–Trinajstić information content (AvgIpc) is 2.27. The molecule has 0 heterocycles. The summed E-state index contributed by atoms with van der Waals surface area (Å²) in [7, 11) is 0. The average molecular weight is 242 g/mol. The number of hydrogen-bond acceptors (Lipinski definition) is 1. The number of alkyl halides is 1. The Morgan fingerprint density at radius 1 is 1.50 bits per heavy atom. The number of allylic oxidation sites excluding steroid dienone is 1. The molecule has 1 N–H and O–H groups in total. The van der Waals surface area contributed by atoms with Crippen LogP contribution < -0.4 is 5.32 Å². The summed E-state index contributed by atoms with van der Waals surface area (Å²) in [6.45, 7) is 2.16. The van der Waals surface area contributed by atoms with Gasteiger partial charge < -0.3 is 5.32 Å². The molecule has 1 aromatic carbocycles. The molecule has 0 spiro atoms. The minimum absolute atomic E-state index is 0.0688. The zero-order chi connectivity index (χ0) is 12.0. The van der Waals surface area contributed by atoms with Crippen LogP contribution in [0, 0.1) is 12.7 Å². The summed E-state index contributed by atoms with van der Waals surface area (Å²) in [5.41, 5.74) is 0.919. The van der Waals surface area contributed by atoms with E-state index in [0.717, 1.165) is 5.56 Å². The number of rotatable bonds is 4. The van der Waals surface area contributed by atoms with Gasteiger partial charge in [-0.2, -0.15) is 0 Å². The molecule has 0 radical (unpaired) electrons. The fourth-order valence-corrected chi connectivity index (χ4v) is 1.33. The van der Waals surface area contributed by atoms with Crippen molar-refractivity contribution in [2.75, 3.05) is 12.4 Å². The highest BCUT2D eigenvalue weighted by Gasteiger charge is 2.10. The Labute approximate surface area is 99.1 Å². The van der Waals surface area contributed by atoms with Crippen molar-refractivity contribution < 1.29 is 9.18 Å². The summed E-state index contributed by atoms with van der Waals surface area (Å²) < 4.78 is 13.3. The van der Waals surface area contributed by atoms with Crippen LogP contribution in [-0.4, -0.2) is 18.3 Å². The van der Waals surface area contributed by atoms with Gasteiger partial charge in [-0.25, -0.2) is 4.39 Å². The van der Waals surface area contributed by atoms with Crippen LogP contribution in [-0.2, 0) is 0 Å². The molecule has 0 fully saturated rings. The van der Waals surface area contributed by atoms with Crippen LogP contribution in [0.2, 0.25) is 0 Å². The van der Waals surface area contributed by atoms with Gasteiger partial charge in [0.25, 0.3) is 5.91 Å². The molecule has 0 aliphatic carbocycles. The Morgan fingerprint density at radius 3 is 2.94 bits per heavy atom. The monoisotopic (exact) mass is 241 g/mol. The van der Waals surface area contributed by atoms with Crippen molar-refractivity contribution in [1.29, 1.82) is 0 Å². The van der Waals surface area contributed by atoms with E-state index in [1.807, 2.05) is 6.92 Å². The van der Waals surface area contributed by atoms with Gasteiger partial charge in [0.1, 0.15) is 5.82 Å². The molecule has 0 aromatic heterocycles. The third-order valence-electron chi connectivity index (χ3n) is 2.00. The van der Waals surface area contributed by atoms with Crippen molar-refractivity contribution in [3.8, 4) is 0 Å².